The molecule has 1 aliphatic rings. The number of nitrogens with one attached hydrogen (secondary N) is 1. The fourth-order valence-corrected chi connectivity index (χ4v) is 3.62. The molecule has 0 fully saturated rings. The first-order valence-electron chi connectivity index (χ1n) is 9.73. The highest BCUT2D eigenvalue weighted by Crippen LogP contribution is 2.20. The molecule has 1 atom stereocenters. The number of fused-ring (bicyclic) bond motifs is 1. The van der Waals surface area contributed by atoms with Crippen LogP contribution in [0, 0.1) is 6.92 Å². The Bertz CT molecular complexity index is 1100. The molecule has 1 amide bonds. The predicted molar refractivity (Wildman–Crippen MR) is 106 cm³/mol. The first kappa shape index (κ1) is 19.0. The van der Waals surface area contributed by atoms with E-state index in [4.69, 9.17) is 4.52 Å². The number of hydrogen-bond acceptors (Lipinski definition) is 6. The van der Waals surface area contributed by atoms with Crippen molar-refractivity contribution in [3.05, 3.63) is 63.4 Å². The minimum Gasteiger partial charge on any atom is -0.353 e. The molecule has 2 heterocycles. The Morgan fingerprint density at radius 3 is 3.00 bits per heavy atom. The molecule has 150 valence electrons. The van der Waals surface area contributed by atoms with E-state index in [0.717, 1.165) is 35.2 Å². The van der Waals surface area contributed by atoms with Gasteiger partial charge in [-0.15, -0.1) is 0 Å². The first-order valence-corrected chi connectivity index (χ1v) is 9.73. The van der Waals surface area contributed by atoms with E-state index in [0.29, 0.717) is 24.6 Å². The fourth-order valence-electron chi connectivity index (χ4n) is 3.62. The Hall–Kier alpha value is -3.29. The average Bonchev–Trinajstić information content (AvgIpc) is 3.17. The fraction of sp³-hybridized carbons (Fsp3) is 0.381. The van der Waals surface area contributed by atoms with Gasteiger partial charge >= 0.3 is 0 Å². The number of amides is 1. The maximum Gasteiger partial charge on any atom is 0.266 e. The van der Waals surface area contributed by atoms with Crippen molar-refractivity contribution in [3.8, 4) is 11.4 Å². The van der Waals surface area contributed by atoms with E-state index in [1.807, 2.05) is 31.2 Å². The molecule has 0 bridgehead atoms. The normalized spacial score (nSPS) is 15.7. The molecule has 0 aliphatic heterocycles. The number of carbonyl (C=O) groups is 1. The highest BCUT2D eigenvalue weighted by atomic mass is 16.5. The zero-order valence-corrected chi connectivity index (χ0v) is 16.5. The van der Waals surface area contributed by atoms with Crippen LogP contribution in [0.15, 0.2) is 39.6 Å². The Morgan fingerprint density at radius 2 is 2.17 bits per heavy atom. The van der Waals surface area contributed by atoms with Crippen LogP contribution < -0.4 is 10.9 Å². The maximum absolute atomic E-state index is 12.4. The van der Waals surface area contributed by atoms with Crippen molar-refractivity contribution in [1.29, 1.82) is 0 Å². The zero-order chi connectivity index (χ0) is 20.4. The summed E-state index contributed by atoms with van der Waals surface area (Å²) >= 11 is 0. The maximum atomic E-state index is 12.4. The van der Waals surface area contributed by atoms with Gasteiger partial charge in [0, 0.05) is 37.6 Å². The lowest BCUT2D eigenvalue weighted by Crippen LogP contribution is -2.40. The summed E-state index contributed by atoms with van der Waals surface area (Å²) in [7, 11) is 1.65. The van der Waals surface area contributed by atoms with Crippen molar-refractivity contribution in [2.24, 2.45) is 7.05 Å². The van der Waals surface area contributed by atoms with Crippen molar-refractivity contribution in [2.75, 3.05) is 0 Å². The molecule has 0 saturated carbocycles. The highest BCUT2D eigenvalue weighted by Gasteiger charge is 2.22. The second-order valence-corrected chi connectivity index (χ2v) is 7.41. The van der Waals surface area contributed by atoms with Gasteiger partial charge in [-0.2, -0.15) is 10.1 Å². The Kier molecular flexibility index (Phi) is 5.24. The van der Waals surface area contributed by atoms with Gasteiger partial charge in [-0.05, 0) is 37.3 Å². The van der Waals surface area contributed by atoms with Crippen LogP contribution in [0.25, 0.3) is 11.4 Å². The van der Waals surface area contributed by atoms with Crippen LogP contribution in [-0.4, -0.2) is 31.9 Å². The van der Waals surface area contributed by atoms with Gasteiger partial charge in [-0.3, -0.25) is 9.59 Å². The van der Waals surface area contributed by atoms with Gasteiger partial charge in [0.05, 0.1) is 5.69 Å². The molecule has 8 heteroatoms. The van der Waals surface area contributed by atoms with Gasteiger partial charge in [0.25, 0.3) is 5.56 Å². The van der Waals surface area contributed by atoms with Crippen LogP contribution in [0.3, 0.4) is 0 Å². The summed E-state index contributed by atoms with van der Waals surface area (Å²) in [5, 5.41) is 11.4. The number of carbonyl (C=O) groups excluding carboxylic acids is 1. The second-order valence-electron chi connectivity index (χ2n) is 7.41. The third-order valence-electron chi connectivity index (χ3n) is 5.24. The topological polar surface area (TPSA) is 103 Å². The van der Waals surface area contributed by atoms with Crippen molar-refractivity contribution >= 4 is 5.91 Å². The molecule has 1 N–H and O–H groups in total. The van der Waals surface area contributed by atoms with Gasteiger partial charge in [-0.25, -0.2) is 4.68 Å². The third kappa shape index (κ3) is 4.26. The summed E-state index contributed by atoms with van der Waals surface area (Å²) in [5.41, 5.74) is 3.72. The predicted octanol–water partition coefficient (Wildman–Crippen LogP) is 1.75. The van der Waals surface area contributed by atoms with Crippen molar-refractivity contribution in [2.45, 2.75) is 45.1 Å². The molecule has 0 unspecified atom stereocenters. The molecule has 2 aromatic heterocycles. The van der Waals surface area contributed by atoms with Gasteiger partial charge in [-0.1, -0.05) is 29.4 Å². The summed E-state index contributed by atoms with van der Waals surface area (Å²) in [6.07, 6.45) is 2.84. The minimum atomic E-state index is -0.128. The van der Waals surface area contributed by atoms with Crippen LogP contribution in [0.1, 0.15) is 35.6 Å². The summed E-state index contributed by atoms with van der Waals surface area (Å²) in [6.45, 7) is 1.99. The monoisotopic (exact) mass is 393 g/mol. The Labute approximate surface area is 167 Å². The van der Waals surface area contributed by atoms with Crippen LogP contribution in [0.2, 0.25) is 0 Å². The molecule has 4 rings (SSSR count). The molecule has 29 heavy (non-hydrogen) atoms. The van der Waals surface area contributed by atoms with E-state index in [9.17, 15) is 9.59 Å². The van der Waals surface area contributed by atoms with E-state index in [1.165, 1.54) is 4.68 Å². The van der Waals surface area contributed by atoms with Crippen LogP contribution in [0.4, 0.5) is 0 Å². The van der Waals surface area contributed by atoms with Crippen molar-refractivity contribution < 1.29 is 9.32 Å². The van der Waals surface area contributed by atoms with Crippen LogP contribution in [-0.2, 0) is 31.1 Å². The number of aromatic nitrogens is 4. The second kappa shape index (κ2) is 7.98. The first-order chi connectivity index (χ1) is 14.0. The molecule has 0 spiro atoms. The smallest absolute Gasteiger partial charge is 0.266 e. The standard InChI is InChI=1S/C21H23N5O3/c1-13-5-3-4-6-16(13)21-23-19(29-25-21)10-9-18(27)22-15-7-8-17-14(11-15)12-20(28)26(2)24-17/h3-6,12,15H,7-11H2,1-2H3,(H,22,27)/t15-/m0/s1. The lowest BCUT2D eigenvalue weighted by Gasteiger charge is -2.24. The summed E-state index contributed by atoms with van der Waals surface area (Å²) in [6, 6.07) is 9.45. The Balaban J connectivity index is 1.32. The SMILES string of the molecule is Cc1ccccc1-c1noc(CCC(=O)N[C@H]2CCc3nn(C)c(=O)cc3C2)n1. The third-order valence-corrected chi connectivity index (χ3v) is 5.24. The van der Waals surface area contributed by atoms with Crippen molar-refractivity contribution in [3.63, 3.8) is 0 Å². The van der Waals surface area contributed by atoms with Gasteiger partial charge in [0.2, 0.25) is 17.6 Å². The number of rotatable bonds is 5. The van der Waals surface area contributed by atoms with E-state index in [1.54, 1.807) is 13.1 Å². The minimum absolute atomic E-state index is 0.00845. The molecular formula is C21H23N5O3. The molecular weight excluding hydrogens is 370 g/mol. The lowest BCUT2D eigenvalue weighted by molar-refractivity contribution is -0.121. The van der Waals surface area contributed by atoms with E-state index in [-0.39, 0.29) is 23.9 Å². The van der Waals surface area contributed by atoms with Crippen molar-refractivity contribution in [1.82, 2.24) is 25.2 Å². The number of hydrogen-bond donors (Lipinski definition) is 1. The molecule has 1 aromatic carbocycles. The average molecular weight is 393 g/mol. The number of nitrogens with zero attached hydrogens (tertiary/aromatic N) is 4. The molecule has 8 nitrogen and oxygen atoms in total. The van der Waals surface area contributed by atoms with Gasteiger partial charge < -0.3 is 9.84 Å². The number of aryl methyl sites for hydroxylation is 4. The summed E-state index contributed by atoms with van der Waals surface area (Å²) < 4.78 is 6.65. The zero-order valence-electron chi connectivity index (χ0n) is 16.5. The molecule has 1 aliphatic carbocycles. The van der Waals surface area contributed by atoms with Gasteiger partial charge in [0.1, 0.15) is 0 Å². The quantitative estimate of drug-likeness (QED) is 0.708. The Morgan fingerprint density at radius 1 is 1.34 bits per heavy atom. The summed E-state index contributed by atoms with van der Waals surface area (Å²) in [4.78, 5) is 28.6. The largest absolute Gasteiger partial charge is 0.353 e. The van der Waals surface area contributed by atoms with Gasteiger partial charge in [0.15, 0.2) is 0 Å². The lowest BCUT2D eigenvalue weighted by atomic mass is 9.92. The molecule has 3 aromatic rings. The molecule has 0 saturated heterocycles. The van der Waals surface area contributed by atoms with E-state index in [2.05, 4.69) is 20.6 Å². The van der Waals surface area contributed by atoms with E-state index < -0.39 is 0 Å². The number of benzene rings is 1. The van der Waals surface area contributed by atoms with Crippen LogP contribution >= 0.6 is 0 Å². The summed E-state index contributed by atoms with van der Waals surface area (Å²) in [5.74, 6) is 0.919. The van der Waals surface area contributed by atoms with E-state index >= 15 is 0 Å². The van der Waals surface area contributed by atoms with Crippen LogP contribution in [0.5, 0.6) is 0 Å². The molecule has 0 radical (unpaired) electrons. The highest BCUT2D eigenvalue weighted by molar-refractivity contribution is 5.76.